The van der Waals surface area contributed by atoms with Gasteiger partial charge in [-0.2, -0.15) is 13.8 Å². The maximum atomic E-state index is 13.3. The highest BCUT2D eigenvalue weighted by molar-refractivity contribution is 6.05. The van der Waals surface area contributed by atoms with Crippen LogP contribution < -0.4 is 0 Å². The van der Waals surface area contributed by atoms with Gasteiger partial charge in [0, 0.05) is 0 Å². The van der Waals surface area contributed by atoms with Gasteiger partial charge in [-0.3, -0.25) is 9.59 Å². The number of carbonyl (C=O) groups excluding carboxylic acids is 2. The lowest BCUT2D eigenvalue weighted by molar-refractivity contribution is -0.127. The first-order chi connectivity index (χ1) is 7.77. The van der Waals surface area contributed by atoms with Gasteiger partial charge < -0.3 is 0 Å². The van der Waals surface area contributed by atoms with Gasteiger partial charge in [0.15, 0.2) is 11.6 Å². The molecular weight excluding hydrogens is 242 g/mol. The van der Waals surface area contributed by atoms with Gasteiger partial charge in [-0.15, -0.1) is 0 Å². The van der Waals surface area contributed by atoms with Crippen molar-refractivity contribution in [3.05, 3.63) is 29.1 Å². The Morgan fingerprint density at radius 1 is 0.941 bits per heavy atom. The lowest BCUT2D eigenvalue weighted by Gasteiger charge is -2.12. The molecule has 0 amide bonds. The molecule has 0 N–H and O–H groups in total. The summed E-state index contributed by atoms with van der Waals surface area (Å²) in [4.78, 5) is 24.5. The summed E-state index contributed by atoms with van der Waals surface area (Å²) in [5.41, 5.74) is -1.24. The van der Waals surface area contributed by atoms with E-state index in [1.165, 1.54) is 0 Å². The number of nitrogens with zero attached hydrogens (tertiary/aromatic N) is 1. The van der Waals surface area contributed by atoms with E-state index in [0.29, 0.717) is 0 Å². The van der Waals surface area contributed by atoms with Crippen LogP contribution in [0.1, 0.15) is 25.3 Å². The molecule has 0 saturated carbocycles. The minimum absolute atomic E-state index is 0.890. The molecule has 0 radical (unpaired) electrons. The summed E-state index contributed by atoms with van der Waals surface area (Å²) >= 11 is 0. The average molecular weight is 249 g/mol. The van der Waals surface area contributed by atoms with Gasteiger partial charge in [0.25, 0.3) is 11.9 Å². The van der Waals surface area contributed by atoms with E-state index in [-0.39, 0.29) is 0 Å². The molecule has 92 valence electrons. The van der Waals surface area contributed by atoms with E-state index in [0.717, 1.165) is 13.8 Å². The average Bonchev–Trinajstić information content (AvgIpc) is 2.20. The van der Waals surface area contributed by atoms with Gasteiger partial charge in [-0.1, -0.05) is 0 Å². The van der Waals surface area contributed by atoms with Crippen molar-refractivity contribution in [3.8, 4) is 0 Å². The van der Waals surface area contributed by atoms with Crippen molar-refractivity contribution in [2.75, 3.05) is 0 Å². The SMILES string of the molecule is CC(=O)C(C(C)=O)c1c(F)c(F)nc(F)c1F. The number of hydrogen-bond donors (Lipinski definition) is 0. The fraction of sp³-hybridized carbons (Fsp3) is 0.300. The Balaban J connectivity index is 3.58. The Morgan fingerprint density at radius 3 is 1.59 bits per heavy atom. The molecule has 0 aromatic carbocycles. The van der Waals surface area contributed by atoms with Gasteiger partial charge in [-0.25, -0.2) is 8.78 Å². The third-order valence-corrected chi connectivity index (χ3v) is 2.13. The Kier molecular flexibility index (Phi) is 3.59. The molecular formula is C10H7F4NO2. The molecule has 1 rings (SSSR count). The lowest BCUT2D eigenvalue weighted by atomic mass is 9.92. The predicted molar refractivity (Wildman–Crippen MR) is 48.2 cm³/mol. The zero-order valence-electron chi connectivity index (χ0n) is 8.85. The first kappa shape index (κ1) is 13.3. The number of rotatable bonds is 3. The molecule has 0 saturated heterocycles. The standard InChI is InChI=1S/C10H7F4NO2/c1-3(16)5(4(2)17)6-7(11)9(13)15-10(14)8(6)12/h5H,1-2H3. The molecule has 1 aromatic heterocycles. The Hall–Kier alpha value is -1.79. The van der Waals surface area contributed by atoms with E-state index in [1.807, 2.05) is 0 Å². The Bertz CT molecular complexity index is 461. The van der Waals surface area contributed by atoms with Crippen LogP contribution in [0, 0.1) is 23.5 Å². The van der Waals surface area contributed by atoms with Crippen LogP contribution in [0.15, 0.2) is 0 Å². The molecule has 0 bridgehead atoms. The maximum absolute atomic E-state index is 13.3. The molecule has 0 fully saturated rings. The summed E-state index contributed by atoms with van der Waals surface area (Å²) in [6.07, 6.45) is 0. The number of aromatic nitrogens is 1. The summed E-state index contributed by atoms with van der Waals surface area (Å²) in [7, 11) is 0. The Morgan fingerprint density at radius 2 is 1.29 bits per heavy atom. The summed E-state index contributed by atoms with van der Waals surface area (Å²) in [5.74, 6) is -11.2. The molecule has 0 aliphatic rings. The summed E-state index contributed by atoms with van der Waals surface area (Å²) < 4.78 is 52.1. The van der Waals surface area contributed by atoms with E-state index < -0.39 is 46.6 Å². The van der Waals surface area contributed by atoms with Crippen molar-refractivity contribution in [1.29, 1.82) is 0 Å². The minimum Gasteiger partial charge on any atom is -0.299 e. The van der Waals surface area contributed by atoms with Crippen molar-refractivity contribution in [3.63, 3.8) is 0 Å². The molecule has 0 unspecified atom stereocenters. The number of pyridine rings is 1. The van der Waals surface area contributed by atoms with Gasteiger partial charge in [0.1, 0.15) is 17.5 Å². The van der Waals surface area contributed by atoms with Crippen molar-refractivity contribution in [1.82, 2.24) is 4.98 Å². The normalized spacial score (nSPS) is 10.8. The highest BCUT2D eigenvalue weighted by Gasteiger charge is 2.32. The first-order valence-electron chi connectivity index (χ1n) is 4.48. The summed E-state index contributed by atoms with van der Waals surface area (Å²) in [5, 5.41) is 0. The lowest BCUT2D eigenvalue weighted by Crippen LogP contribution is -2.22. The van der Waals surface area contributed by atoms with Crippen LogP contribution in [-0.2, 0) is 9.59 Å². The van der Waals surface area contributed by atoms with Crippen molar-refractivity contribution >= 4 is 11.6 Å². The smallest absolute Gasteiger partial charge is 0.252 e. The van der Waals surface area contributed by atoms with Crippen LogP contribution in [0.2, 0.25) is 0 Å². The van der Waals surface area contributed by atoms with Crippen LogP contribution in [0.5, 0.6) is 0 Å². The molecule has 3 nitrogen and oxygen atoms in total. The number of halogens is 4. The third-order valence-electron chi connectivity index (χ3n) is 2.13. The van der Waals surface area contributed by atoms with Gasteiger partial charge in [0.05, 0.1) is 5.56 Å². The van der Waals surface area contributed by atoms with E-state index in [4.69, 9.17) is 0 Å². The number of Topliss-reactive ketones (excluding diaryl/α,β-unsaturated/α-hetero) is 2. The van der Waals surface area contributed by atoms with Crippen LogP contribution in [0.25, 0.3) is 0 Å². The molecule has 0 spiro atoms. The highest BCUT2D eigenvalue weighted by Crippen LogP contribution is 2.26. The van der Waals surface area contributed by atoms with Crippen molar-refractivity contribution < 1.29 is 27.2 Å². The van der Waals surface area contributed by atoms with E-state index in [2.05, 4.69) is 4.98 Å². The second-order valence-corrected chi connectivity index (χ2v) is 3.39. The zero-order valence-corrected chi connectivity index (χ0v) is 8.85. The second-order valence-electron chi connectivity index (χ2n) is 3.39. The molecule has 17 heavy (non-hydrogen) atoms. The number of carbonyl (C=O) groups is 2. The molecule has 7 heteroatoms. The zero-order chi connectivity index (χ0) is 13.3. The first-order valence-corrected chi connectivity index (χ1v) is 4.48. The van der Waals surface area contributed by atoms with Gasteiger partial charge in [-0.05, 0) is 13.8 Å². The van der Waals surface area contributed by atoms with Crippen molar-refractivity contribution in [2.45, 2.75) is 19.8 Å². The summed E-state index contributed by atoms with van der Waals surface area (Å²) in [6.45, 7) is 1.78. The monoisotopic (exact) mass is 249 g/mol. The molecule has 1 heterocycles. The van der Waals surface area contributed by atoms with Crippen LogP contribution in [-0.4, -0.2) is 16.6 Å². The number of hydrogen-bond acceptors (Lipinski definition) is 3. The van der Waals surface area contributed by atoms with E-state index >= 15 is 0 Å². The van der Waals surface area contributed by atoms with Crippen LogP contribution >= 0.6 is 0 Å². The van der Waals surface area contributed by atoms with E-state index in [1.54, 1.807) is 0 Å². The number of ketones is 2. The third kappa shape index (κ3) is 2.32. The highest BCUT2D eigenvalue weighted by atomic mass is 19.2. The molecule has 0 aliphatic heterocycles. The Labute approximate surface area is 93.5 Å². The van der Waals surface area contributed by atoms with Crippen LogP contribution in [0.3, 0.4) is 0 Å². The van der Waals surface area contributed by atoms with Crippen molar-refractivity contribution in [2.24, 2.45) is 0 Å². The van der Waals surface area contributed by atoms with Gasteiger partial charge in [0.2, 0.25) is 0 Å². The summed E-state index contributed by atoms with van der Waals surface area (Å²) in [6, 6.07) is 0. The molecule has 1 aromatic rings. The molecule has 0 atom stereocenters. The molecule has 0 aliphatic carbocycles. The van der Waals surface area contributed by atoms with E-state index in [9.17, 15) is 27.2 Å². The van der Waals surface area contributed by atoms with Crippen LogP contribution in [0.4, 0.5) is 17.6 Å². The quantitative estimate of drug-likeness (QED) is 0.467. The minimum atomic E-state index is -1.90. The largest absolute Gasteiger partial charge is 0.299 e. The fourth-order valence-electron chi connectivity index (χ4n) is 1.45. The maximum Gasteiger partial charge on any atom is 0.252 e. The van der Waals surface area contributed by atoms with Gasteiger partial charge >= 0.3 is 0 Å². The topological polar surface area (TPSA) is 47.0 Å². The fourth-order valence-corrected chi connectivity index (χ4v) is 1.45. The predicted octanol–water partition coefficient (Wildman–Crippen LogP) is 1.90. The second kappa shape index (κ2) is 4.60.